The number of H-pyrrole nitrogens is 1. The highest BCUT2D eigenvalue weighted by Crippen LogP contribution is 2.27. The molecule has 1 aromatic carbocycles. The zero-order chi connectivity index (χ0) is 29.9. The summed E-state index contributed by atoms with van der Waals surface area (Å²) in [6.45, 7) is 2.90. The number of ether oxygens (including phenoxy) is 1. The first kappa shape index (κ1) is 31.6. The van der Waals surface area contributed by atoms with E-state index in [0.717, 1.165) is 61.4 Å². The van der Waals surface area contributed by atoms with Crippen molar-refractivity contribution < 1.29 is 23.9 Å². The largest absolute Gasteiger partial charge is 0.467 e. The monoisotopic (exact) mass is 580 g/mol. The van der Waals surface area contributed by atoms with Gasteiger partial charge in [0.05, 0.1) is 20.1 Å². The summed E-state index contributed by atoms with van der Waals surface area (Å²) in [7, 11) is 1.34. The van der Waals surface area contributed by atoms with Gasteiger partial charge in [-0.15, -0.1) is 0 Å². The van der Waals surface area contributed by atoms with E-state index < -0.39 is 18.1 Å². The van der Waals surface area contributed by atoms with E-state index in [-0.39, 0.29) is 30.7 Å². The first-order chi connectivity index (χ1) is 20.4. The van der Waals surface area contributed by atoms with Crippen LogP contribution in [0, 0.1) is 5.92 Å². The van der Waals surface area contributed by atoms with Gasteiger partial charge in [-0.3, -0.25) is 14.4 Å². The van der Waals surface area contributed by atoms with Crippen LogP contribution in [0.1, 0.15) is 89.5 Å². The van der Waals surface area contributed by atoms with Gasteiger partial charge in [0.2, 0.25) is 17.7 Å². The number of carbonyl (C=O) groups excluding carboxylic acids is 4. The van der Waals surface area contributed by atoms with Crippen LogP contribution in [0.15, 0.2) is 30.5 Å². The van der Waals surface area contributed by atoms with Gasteiger partial charge in [-0.2, -0.15) is 0 Å². The Morgan fingerprint density at radius 3 is 2.60 bits per heavy atom. The summed E-state index contributed by atoms with van der Waals surface area (Å²) < 4.78 is 4.98. The van der Waals surface area contributed by atoms with E-state index in [1.165, 1.54) is 26.4 Å². The van der Waals surface area contributed by atoms with Crippen LogP contribution in [-0.4, -0.2) is 77.3 Å². The predicted octanol–water partition coefficient (Wildman–Crippen LogP) is 4.74. The number of fused-ring (bicyclic) bond motifs is 1. The van der Waals surface area contributed by atoms with Crippen LogP contribution in [0.5, 0.6) is 0 Å². The van der Waals surface area contributed by atoms with Crippen molar-refractivity contribution in [1.82, 2.24) is 20.1 Å². The molecule has 1 aromatic heterocycles. The molecule has 1 aliphatic carbocycles. The number of amides is 3. The van der Waals surface area contributed by atoms with Crippen molar-refractivity contribution in [3.63, 3.8) is 0 Å². The van der Waals surface area contributed by atoms with Gasteiger partial charge in [0.25, 0.3) is 0 Å². The molecule has 1 saturated carbocycles. The highest BCUT2D eigenvalue weighted by Gasteiger charge is 2.35. The number of aromatic nitrogens is 1. The molecule has 3 amide bonds. The van der Waals surface area contributed by atoms with Crippen molar-refractivity contribution in [2.75, 3.05) is 26.7 Å². The lowest BCUT2D eigenvalue weighted by Crippen LogP contribution is -2.55. The molecule has 1 saturated heterocycles. The van der Waals surface area contributed by atoms with Crippen LogP contribution < -0.4 is 5.32 Å². The molecule has 230 valence electrons. The summed E-state index contributed by atoms with van der Waals surface area (Å²) in [5.41, 5.74) is 1.85. The van der Waals surface area contributed by atoms with Crippen molar-refractivity contribution in [2.24, 2.45) is 5.92 Å². The van der Waals surface area contributed by atoms with Crippen LogP contribution in [0.2, 0.25) is 0 Å². The van der Waals surface area contributed by atoms with Gasteiger partial charge in [0.1, 0.15) is 12.1 Å². The number of nitrogens with zero attached hydrogens (tertiary/aromatic N) is 2. The quantitative estimate of drug-likeness (QED) is 0.333. The minimum Gasteiger partial charge on any atom is -0.467 e. The second-order valence-corrected chi connectivity index (χ2v) is 12.0. The van der Waals surface area contributed by atoms with Gasteiger partial charge < -0.3 is 24.8 Å². The standard InChI is InChI=1S/C33H48N4O5/c1-3-4-15-28(35-30(38)21-25-22-34-27-16-9-8-14-26(25)27)32(40)36(20-18-24-12-6-5-7-13-24)23-31(39)37-19-11-10-17-29(37)33(41)42-2/h8-9,14,16,22,24,28-29,34H,3-7,10-13,15,17-21,23H2,1-2H3,(H,35,38)/t28-,29?/m0/s1. The van der Waals surface area contributed by atoms with E-state index in [4.69, 9.17) is 4.74 Å². The van der Waals surface area contributed by atoms with E-state index in [1.54, 1.807) is 9.80 Å². The van der Waals surface area contributed by atoms with Crippen molar-refractivity contribution in [2.45, 2.75) is 102 Å². The number of carbonyl (C=O) groups is 4. The molecule has 2 N–H and O–H groups in total. The lowest BCUT2D eigenvalue weighted by molar-refractivity contribution is -0.156. The first-order valence-electron chi connectivity index (χ1n) is 15.9. The van der Waals surface area contributed by atoms with Crippen LogP contribution >= 0.6 is 0 Å². The fraction of sp³-hybridized carbons (Fsp3) is 0.636. The molecule has 0 spiro atoms. The molecule has 2 aliphatic rings. The number of hydrogen-bond donors (Lipinski definition) is 2. The smallest absolute Gasteiger partial charge is 0.328 e. The molecule has 9 nitrogen and oxygen atoms in total. The Kier molecular flexibility index (Phi) is 11.8. The second kappa shape index (κ2) is 15.8. The Morgan fingerprint density at radius 2 is 1.83 bits per heavy atom. The topological polar surface area (TPSA) is 112 Å². The van der Waals surface area contributed by atoms with E-state index in [1.807, 2.05) is 30.5 Å². The van der Waals surface area contributed by atoms with E-state index in [0.29, 0.717) is 31.8 Å². The third-order valence-electron chi connectivity index (χ3n) is 8.97. The molecule has 1 unspecified atom stereocenters. The maximum absolute atomic E-state index is 14.1. The van der Waals surface area contributed by atoms with E-state index >= 15 is 0 Å². The summed E-state index contributed by atoms with van der Waals surface area (Å²) >= 11 is 0. The summed E-state index contributed by atoms with van der Waals surface area (Å²) in [5, 5.41) is 4.01. The van der Waals surface area contributed by atoms with Crippen molar-refractivity contribution in [3.8, 4) is 0 Å². The van der Waals surface area contributed by atoms with Crippen molar-refractivity contribution in [3.05, 3.63) is 36.0 Å². The molecule has 2 fully saturated rings. The average molecular weight is 581 g/mol. The van der Waals surface area contributed by atoms with E-state index in [2.05, 4.69) is 17.2 Å². The molecule has 0 bridgehead atoms. The molecule has 0 radical (unpaired) electrons. The first-order valence-corrected chi connectivity index (χ1v) is 15.9. The Labute approximate surface area is 249 Å². The third-order valence-corrected chi connectivity index (χ3v) is 8.97. The minimum atomic E-state index is -0.709. The highest BCUT2D eigenvalue weighted by molar-refractivity contribution is 5.93. The number of nitrogens with one attached hydrogen (secondary N) is 2. The Balaban J connectivity index is 1.49. The Morgan fingerprint density at radius 1 is 1.07 bits per heavy atom. The van der Waals surface area contributed by atoms with Crippen LogP contribution in [0.25, 0.3) is 10.9 Å². The third kappa shape index (κ3) is 8.35. The molecule has 4 rings (SSSR count). The number of piperidine rings is 1. The normalized spacial score (nSPS) is 18.4. The fourth-order valence-corrected chi connectivity index (χ4v) is 6.53. The van der Waals surface area contributed by atoms with Gasteiger partial charge in [0.15, 0.2) is 0 Å². The van der Waals surface area contributed by atoms with Crippen molar-refractivity contribution in [1.29, 1.82) is 0 Å². The molecule has 1 aliphatic heterocycles. The predicted molar refractivity (Wildman–Crippen MR) is 163 cm³/mol. The highest BCUT2D eigenvalue weighted by atomic mass is 16.5. The number of hydrogen-bond acceptors (Lipinski definition) is 5. The molecular weight excluding hydrogens is 532 g/mol. The minimum absolute atomic E-state index is 0.0972. The number of likely N-dealkylation sites (tertiary alicyclic amines) is 1. The maximum atomic E-state index is 14.1. The van der Waals surface area contributed by atoms with Gasteiger partial charge in [0, 0.05) is 30.2 Å². The summed E-state index contributed by atoms with van der Waals surface area (Å²) in [6, 6.07) is 6.52. The van der Waals surface area contributed by atoms with Crippen LogP contribution in [0.4, 0.5) is 0 Å². The number of benzene rings is 1. The maximum Gasteiger partial charge on any atom is 0.328 e. The van der Waals surface area contributed by atoms with Crippen molar-refractivity contribution >= 4 is 34.6 Å². The SMILES string of the molecule is CCCC[C@H](NC(=O)Cc1c[nH]c2ccccc12)C(=O)N(CCC1CCCCC1)CC(=O)N1CCCCC1C(=O)OC. The Hall–Kier alpha value is -3.36. The van der Waals surface area contributed by atoms with Gasteiger partial charge in [-0.1, -0.05) is 70.1 Å². The fourth-order valence-electron chi connectivity index (χ4n) is 6.53. The lowest BCUT2D eigenvalue weighted by atomic mass is 9.87. The molecule has 2 atom stereocenters. The molecule has 42 heavy (non-hydrogen) atoms. The molecular formula is C33H48N4O5. The summed E-state index contributed by atoms with van der Waals surface area (Å²) in [5.74, 6) is -0.538. The number of esters is 1. The second-order valence-electron chi connectivity index (χ2n) is 12.0. The number of para-hydroxylation sites is 1. The molecule has 2 heterocycles. The van der Waals surface area contributed by atoms with Crippen LogP contribution in [-0.2, 0) is 30.3 Å². The van der Waals surface area contributed by atoms with E-state index in [9.17, 15) is 19.2 Å². The number of unbranched alkanes of at least 4 members (excludes halogenated alkanes) is 1. The number of rotatable bonds is 13. The van der Waals surface area contributed by atoms with Gasteiger partial charge >= 0.3 is 5.97 Å². The Bertz CT molecular complexity index is 1200. The zero-order valence-corrected chi connectivity index (χ0v) is 25.4. The summed E-state index contributed by atoms with van der Waals surface area (Å²) in [6.07, 6.45) is 13.2. The molecule has 2 aromatic rings. The zero-order valence-electron chi connectivity index (χ0n) is 25.4. The number of aromatic amines is 1. The summed E-state index contributed by atoms with van der Waals surface area (Å²) in [4.78, 5) is 59.9. The van der Waals surface area contributed by atoms with Gasteiger partial charge in [-0.25, -0.2) is 4.79 Å². The lowest BCUT2D eigenvalue weighted by Gasteiger charge is -2.36. The molecule has 9 heteroatoms. The van der Waals surface area contributed by atoms with Gasteiger partial charge in [-0.05, 0) is 49.7 Å². The van der Waals surface area contributed by atoms with Crippen LogP contribution in [0.3, 0.4) is 0 Å². The average Bonchev–Trinajstić information content (AvgIpc) is 3.43. The number of methoxy groups -OCH3 is 1.